The maximum absolute atomic E-state index is 13.5. The molecular formula is C29H26N2O5. The molecule has 4 aromatic rings. The molecule has 0 aliphatic carbocycles. The summed E-state index contributed by atoms with van der Waals surface area (Å²) in [6, 6.07) is 19.1. The Kier molecular flexibility index (Phi) is 5.76. The number of fused-ring (bicyclic) bond motifs is 1. The summed E-state index contributed by atoms with van der Waals surface area (Å²) in [5, 5.41) is 12.4. The number of aromatic nitrogens is 1. The minimum absolute atomic E-state index is 0.0312. The van der Waals surface area contributed by atoms with E-state index in [1.807, 2.05) is 49.0 Å². The number of nitrogens with zero attached hydrogens (tertiary/aromatic N) is 2. The average molecular weight is 483 g/mol. The summed E-state index contributed by atoms with van der Waals surface area (Å²) in [5.41, 5.74) is 3.45. The SMILES string of the molecule is COc1cccc(N2C(=O)C(=O)/C(=C(/O)c3ccc(OC)c(C)c3)C2c2cn(C)c3ccccc23)c1. The number of Topliss-reactive ketones (excluding diaryl/α,β-unsaturated/α-hetero) is 1. The fourth-order valence-corrected chi connectivity index (χ4v) is 4.93. The normalized spacial score (nSPS) is 17.1. The van der Waals surface area contributed by atoms with E-state index in [1.54, 1.807) is 56.7 Å². The highest BCUT2D eigenvalue weighted by Crippen LogP contribution is 2.45. The van der Waals surface area contributed by atoms with Crippen molar-refractivity contribution >= 4 is 34.0 Å². The third-order valence-electron chi connectivity index (χ3n) is 6.67. The van der Waals surface area contributed by atoms with Gasteiger partial charge < -0.3 is 19.1 Å². The zero-order valence-corrected chi connectivity index (χ0v) is 20.5. The zero-order chi connectivity index (χ0) is 25.6. The number of carbonyl (C=O) groups is 2. The number of methoxy groups -OCH3 is 2. The third kappa shape index (κ3) is 3.60. The van der Waals surface area contributed by atoms with Gasteiger partial charge >= 0.3 is 0 Å². The molecule has 182 valence electrons. The first-order valence-electron chi connectivity index (χ1n) is 11.5. The number of amides is 1. The monoisotopic (exact) mass is 482 g/mol. The van der Waals surface area contributed by atoms with Crippen molar-refractivity contribution in [2.75, 3.05) is 19.1 Å². The predicted octanol–water partition coefficient (Wildman–Crippen LogP) is 5.13. The Morgan fingerprint density at radius 2 is 1.72 bits per heavy atom. The number of aryl methyl sites for hydroxylation is 2. The molecule has 1 unspecified atom stereocenters. The lowest BCUT2D eigenvalue weighted by atomic mass is 9.94. The number of anilines is 1. The van der Waals surface area contributed by atoms with E-state index >= 15 is 0 Å². The molecule has 1 N–H and O–H groups in total. The molecule has 7 nitrogen and oxygen atoms in total. The van der Waals surface area contributed by atoms with Crippen LogP contribution in [0.3, 0.4) is 0 Å². The number of hydrogen-bond donors (Lipinski definition) is 1. The molecule has 2 heterocycles. The van der Waals surface area contributed by atoms with Gasteiger partial charge in [0.05, 0.1) is 25.8 Å². The zero-order valence-electron chi connectivity index (χ0n) is 20.5. The smallest absolute Gasteiger partial charge is 0.300 e. The first kappa shape index (κ1) is 23.2. The topological polar surface area (TPSA) is 81.0 Å². The van der Waals surface area contributed by atoms with Gasteiger partial charge in [-0.25, -0.2) is 0 Å². The van der Waals surface area contributed by atoms with Crippen LogP contribution in [0.1, 0.15) is 22.7 Å². The Bertz CT molecular complexity index is 1550. The van der Waals surface area contributed by atoms with E-state index in [-0.39, 0.29) is 11.3 Å². The molecule has 1 saturated heterocycles. The molecule has 7 heteroatoms. The highest BCUT2D eigenvalue weighted by molar-refractivity contribution is 6.52. The van der Waals surface area contributed by atoms with Crippen LogP contribution < -0.4 is 14.4 Å². The minimum Gasteiger partial charge on any atom is -0.507 e. The summed E-state index contributed by atoms with van der Waals surface area (Å²) in [6.45, 7) is 1.85. The van der Waals surface area contributed by atoms with E-state index in [9.17, 15) is 14.7 Å². The molecule has 0 saturated carbocycles. The van der Waals surface area contributed by atoms with Crippen LogP contribution in [0.2, 0.25) is 0 Å². The third-order valence-corrected chi connectivity index (χ3v) is 6.67. The van der Waals surface area contributed by atoms with E-state index in [2.05, 4.69) is 0 Å². The molecule has 1 amide bonds. The number of benzene rings is 3. The Labute approximate surface area is 208 Å². The van der Waals surface area contributed by atoms with Gasteiger partial charge in [-0.1, -0.05) is 24.3 Å². The van der Waals surface area contributed by atoms with Crippen LogP contribution in [0, 0.1) is 6.92 Å². The Morgan fingerprint density at radius 3 is 2.44 bits per heavy atom. The molecule has 1 atom stereocenters. The van der Waals surface area contributed by atoms with Gasteiger partial charge in [-0.3, -0.25) is 14.5 Å². The van der Waals surface area contributed by atoms with Gasteiger partial charge in [-0.2, -0.15) is 0 Å². The number of ether oxygens (including phenoxy) is 2. The van der Waals surface area contributed by atoms with Crippen LogP contribution in [0.4, 0.5) is 5.69 Å². The van der Waals surface area contributed by atoms with Crippen LogP contribution in [0.5, 0.6) is 11.5 Å². The molecule has 3 aromatic carbocycles. The van der Waals surface area contributed by atoms with Crippen molar-refractivity contribution in [3.05, 3.63) is 95.2 Å². The number of aliphatic hydroxyl groups is 1. The van der Waals surface area contributed by atoms with E-state index < -0.39 is 17.7 Å². The van der Waals surface area contributed by atoms with Crippen LogP contribution in [0.25, 0.3) is 16.7 Å². The molecule has 5 rings (SSSR count). The standard InChI is InChI=1S/C29H26N2O5/c1-17-14-18(12-13-24(17)36-4)27(32)25-26(22-16-30(2)23-11-6-5-10-21(22)23)31(29(34)28(25)33)19-8-7-9-20(15-19)35-3/h5-16,26,32H,1-4H3/b27-25+. The molecule has 0 spiro atoms. The number of ketones is 1. The molecule has 1 aliphatic heterocycles. The molecule has 1 aromatic heterocycles. The second kappa shape index (κ2) is 8.92. The van der Waals surface area contributed by atoms with E-state index in [1.165, 1.54) is 4.90 Å². The summed E-state index contributed by atoms with van der Waals surface area (Å²) in [5.74, 6) is -0.483. The average Bonchev–Trinajstić information content (AvgIpc) is 3.36. The van der Waals surface area contributed by atoms with Gasteiger partial charge in [0.15, 0.2) is 0 Å². The van der Waals surface area contributed by atoms with Gasteiger partial charge in [0.1, 0.15) is 17.3 Å². The second-order valence-corrected chi connectivity index (χ2v) is 8.77. The van der Waals surface area contributed by atoms with Crippen LogP contribution in [-0.4, -0.2) is 35.6 Å². The summed E-state index contributed by atoms with van der Waals surface area (Å²) in [4.78, 5) is 28.5. The van der Waals surface area contributed by atoms with Gasteiger partial charge in [0.25, 0.3) is 11.7 Å². The lowest BCUT2D eigenvalue weighted by Gasteiger charge is -2.25. The highest BCUT2D eigenvalue weighted by atomic mass is 16.5. The summed E-state index contributed by atoms with van der Waals surface area (Å²) in [7, 11) is 5.03. The maximum atomic E-state index is 13.5. The number of aliphatic hydroxyl groups excluding tert-OH is 1. The van der Waals surface area contributed by atoms with Gasteiger partial charge in [0.2, 0.25) is 0 Å². The maximum Gasteiger partial charge on any atom is 0.300 e. The minimum atomic E-state index is -0.842. The van der Waals surface area contributed by atoms with Crippen molar-refractivity contribution in [1.82, 2.24) is 4.57 Å². The van der Waals surface area contributed by atoms with Crippen molar-refractivity contribution in [2.24, 2.45) is 7.05 Å². The van der Waals surface area contributed by atoms with E-state index in [0.29, 0.717) is 22.7 Å². The molecule has 0 radical (unpaired) electrons. The largest absolute Gasteiger partial charge is 0.507 e. The highest BCUT2D eigenvalue weighted by Gasteiger charge is 2.48. The Balaban J connectivity index is 1.79. The van der Waals surface area contributed by atoms with Crippen molar-refractivity contribution in [3.63, 3.8) is 0 Å². The number of hydrogen-bond acceptors (Lipinski definition) is 5. The van der Waals surface area contributed by atoms with Crippen molar-refractivity contribution in [2.45, 2.75) is 13.0 Å². The molecular weight excluding hydrogens is 456 g/mol. The molecule has 1 aliphatic rings. The van der Waals surface area contributed by atoms with Crippen LogP contribution >= 0.6 is 0 Å². The van der Waals surface area contributed by atoms with Crippen LogP contribution in [-0.2, 0) is 16.6 Å². The van der Waals surface area contributed by atoms with E-state index in [4.69, 9.17) is 9.47 Å². The fraction of sp³-hybridized carbons (Fsp3) is 0.172. The summed E-state index contributed by atoms with van der Waals surface area (Å²) < 4.78 is 12.7. The lowest BCUT2D eigenvalue weighted by Crippen LogP contribution is -2.29. The fourth-order valence-electron chi connectivity index (χ4n) is 4.93. The van der Waals surface area contributed by atoms with Crippen molar-refractivity contribution in [3.8, 4) is 11.5 Å². The number of rotatable bonds is 5. The van der Waals surface area contributed by atoms with Crippen molar-refractivity contribution in [1.29, 1.82) is 0 Å². The number of carbonyl (C=O) groups excluding carboxylic acids is 2. The first-order chi connectivity index (χ1) is 17.3. The second-order valence-electron chi connectivity index (χ2n) is 8.77. The van der Waals surface area contributed by atoms with Crippen LogP contribution in [0.15, 0.2) is 78.5 Å². The van der Waals surface area contributed by atoms with Gasteiger partial charge in [0, 0.05) is 47.0 Å². The Hall–Kier alpha value is -4.52. The molecule has 1 fully saturated rings. The number of para-hydroxylation sites is 1. The van der Waals surface area contributed by atoms with Gasteiger partial charge in [-0.05, 0) is 48.9 Å². The van der Waals surface area contributed by atoms with Crippen molar-refractivity contribution < 1.29 is 24.2 Å². The molecule has 0 bridgehead atoms. The summed E-state index contributed by atoms with van der Waals surface area (Å²) in [6.07, 6.45) is 1.90. The summed E-state index contributed by atoms with van der Waals surface area (Å²) >= 11 is 0. The van der Waals surface area contributed by atoms with Gasteiger partial charge in [-0.15, -0.1) is 0 Å². The first-order valence-corrected chi connectivity index (χ1v) is 11.5. The lowest BCUT2D eigenvalue weighted by molar-refractivity contribution is -0.132. The van der Waals surface area contributed by atoms with E-state index in [0.717, 1.165) is 22.0 Å². The predicted molar refractivity (Wildman–Crippen MR) is 138 cm³/mol. The molecule has 36 heavy (non-hydrogen) atoms. The quantitative estimate of drug-likeness (QED) is 0.242. The Morgan fingerprint density at radius 1 is 0.944 bits per heavy atom.